The first-order valence-corrected chi connectivity index (χ1v) is 7.02. The molecule has 0 aliphatic carbocycles. The number of amides is 2. The van der Waals surface area contributed by atoms with Gasteiger partial charge in [-0.15, -0.1) is 11.8 Å². The molecule has 7 heteroatoms. The molecule has 0 aromatic heterocycles. The first-order chi connectivity index (χ1) is 8.50. The van der Waals surface area contributed by atoms with Crippen LogP contribution in [0.2, 0.25) is 0 Å². The monoisotopic (exact) mass is 272 g/mol. The SMILES string of the molecule is CC(=O)N1CSC[C@@H]1C(=O)N1CC[C@H](C(=O)O)C1. The highest BCUT2D eigenvalue weighted by Gasteiger charge is 2.39. The molecule has 2 fully saturated rings. The summed E-state index contributed by atoms with van der Waals surface area (Å²) < 4.78 is 0. The molecule has 2 rings (SSSR count). The van der Waals surface area contributed by atoms with Gasteiger partial charge < -0.3 is 14.9 Å². The zero-order valence-corrected chi connectivity index (χ0v) is 11.0. The maximum Gasteiger partial charge on any atom is 0.308 e. The molecule has 18 heavy (non-hydrogen) atoms. The first-order valence-electron chi connectivity index (χ1n) is 5.87. The second-order valence-electron chi connectivity index (χ2n) is 4.61. The number of likely N-dealkylation sites (tertiary alicyclic amines) is 1. The van der Waals surface area contributed by atoms with E-state index in [9.17, 15) is 14.4 Å². The summed E-state index contributed by atoms with van der Waals surface area (Å²) in [4.78, 5) is 37.6. The van der Waals surface area contributed by atoms with Crippen molar-refractivity contribution in [3.8, 4) is 0 Å². The Morgan fingerprint density at radius 1 is 1.33 bits per heavy atom. The quantitative estimate of drug-likeness (QED) is 0.756. The third kappa shape index (κ3) is 2.45. The number of hydrogen-bond acceptors (Lipinski definition) is 4. The molecule has 2 amide bonds. The smallest absolute Gasteiger partial charge is 0.308 e. The summed E-state index contributed by atoms with van der Waals surface area (Å²) in [5.74, 6) is -0.385. The van der Waals surface area contributed by atoms with Crippen LogP contribution in [0.5, 0.6) is 0 Å². The Labute approximate surface area is 109 Å². The van der Waals surface area contributed by atoms with Gasteiger partial charge in [0.15, 0.2) is 0 Å². The van der Waals surface area contributed by atoms with Crippen LogP contribution in [-0.2, 0) is 14.4 Å². The minimum atomic E-state index is -0.852. The average Bonchev–Trinajstić information content (AvgIpc) is 2.97. The molecule has 0 bridgehead atoms. The largest absolute Gasteiger partial charge is 0.481 e. The maximum atomic E-state index is 12.3. The molecular formula is C11H16N2O4S. The van der Waals surface area contributed by atoms with Crippen molar-refractivity contribution >= 4 is 29.5 Å². The predicted molar refractivity (Wildman–Crippen MR) is 66.0 cm³/mol. The van der Waals surface area contributed by atoms with Crippen LogP contribution in [-0.4, -0.2) is 63.5 Å². The van der Waals surface area contributed by atoms with E-state index in [2.05, 4.69) is 0 Å². The van der Waals surface area contributed by atoms with Gasteiger partial charge in [0.2, 0.25) is 11.8 Å². The highest BCUT2D eigenvalue weighted by molar-refractivity contribution is 7.99. The van der Waals surface area contributed by atoms with Gasteiger partial charge in [-0.3, -0.25) is 14.4 Å². The van der Waals surface area contributed by atoms with E-state index >= 15 is 0 Å². The summed E-state index contributed by atoms with van der Waals surface area (Å²) in [6.07, 6.45) is 0.501. The number of carboxylic acid groups (broad SMARTS) is 1. The van der Waals surface area contributed by atoms with E-state index < -0.39 is 17.9 Å². The lowest BCUT2D eigenvalue weighted by molar-refractivity contribution is -0.143. The van der Waals surface area contributed by atoms with Crippen LogP contribution < -0.4 is 0 Å². The summed E-state index contributed by atoms with van der Waals surface area (Å²) in [5, 5.41) is 8.91. The fourth-order valence-electron chi connectivity index (χ4n) is 2.33. The zero-order valence-electron chi connectivity index (χ0n) is 10.2. The normalized spacial score (nSPS) is 27.6. The molecule has 0 saturated carbocycles. The molecule has 2 atom stereocenters. The van der Waals surface area contributed by atoms with Crippen LogP contribution >= 0.6 is 11.8 Å². The topological polar surface area (TPSA) is 77.9 Å². The van der Waals surface area contributed by atoms with Gasteiger partial charge in [-0.05, 0) is 6.42 Å². The lowest BCUT2D eigenvalue weighted by Crippen LogP contribution is -2.47. The standard InChI is InChI=1S/C11H16N2O4S/c1-7(14)13-6-18-5-9(13)10(15)12-3-2-8(4-12)11(16)17/h8-9H,2-6H2,1H3,(H,16,17)/t8-,9+/m0/s1. The van der Waals surface area contributed by atoms with Crippen molar-refractivity contribution in [2.24, 2.45) is 5.92 Å². The number of thioether (sulfide) groups is 1. The molecule has 2 saturated heterocycles. The van der Waals surface area contributed by atoms with E-state index in [0.29, 0.717) is 24.6 Å². The molecule has 100 valence electrons. The van der Waals surface area contributed by atoms with Gasteiger partial charge in [-0.2, -0.15) is 0 Å². The number of nitrogens with zero attached hydrogens (tertiary/aromatic N) is 2. The van der Waals surface area contributed by atoms with Crippen LogP contribution in [0, 0.1) is 5.92 Å². The van der Waals surface area contributed by atoms with Gasteiger partial charge in [0.25, 0.3) is 0 Å². The number of hydrogen-bond donors (Lipinski definition) is 1. The second kappa shape index (κ2) is 5.17. The van der Waals surface area contributed by atoms with E-state index in [-0.39, 0.29) is 18.4 Å². The van der Waals surface area contributed by atoms with E-state index in [1.807, 2.05) is 0 Å². The van der Waals surface area contributed by atoms with Crippen molar-refractivity contribution in [2.75, 3.05) is 24.7 Å². The van der Waals surface area contributed by atoms with Gasteiger partial charge in [0, 0.05) is 25.8 Å². The molecule has 1 N–H and O–H groups in total. The highest BCUT2D eigenvalue weighted by atomic mass is 32.2. The third-order valence-electron chi connectivity index (χ3n) is 3.42. The van der Waals surface area contributed by atoms with Gasteiger partial charge in [-0.1, -0.05) is 0 Å². The van der Waals surface area contributed by atoms with Crippen molar-refractivity contribution in [2.45, 2.75) is 19.4 Å². The minimum Gasteiger partial charge on any atom is -0.481 e. The highest BCUT2D eigenvalue weighted by Crippen LogP contribution is 2.25. The first kappa shape index (κ1) is 13.2. The number of rotatable bonds is 2. The number of aliphatic carboxylic acids is 1. The molecule has 6 nitrogen and oxygen atoms in total. The van der Waals surface area contributed by atoms with E-state index in [4.69, 9.17) is 5.11 Å². The third-order valence-corrected chi connectivity index (χ3v) is 4.43. The molecular weight excluding hydrogens is 256 g/mol. The zero-order chi connectivity index (χ0) is 13.3. The Morgan fingerprint density at radius 3 is 2.61 bits per heavy atom. The molecule has 0 spiro atoms. The van der Waals surface area contributed by atoms with E-state index in [0.717, 1.165) is 0 Å². The van der Waals surface area contributed by atoms with Crippen molar-refractivity contribution in [3.63, 3.8) is 0 Å². The van der Waals surface area contributed by atoms with Crippen LogP contribution in [0.1, 0.15) is 13.3 Å². The molecule has 2 aliphatic rings. The van der Waals surface area contributed by atoms with Crippen LogP contribution in [0.3, 0.4) is 0 Å². The number of carbonyl (C=O) groups is 3. The molecule has 2 aliphatic heterocycles. The van der Waals surface area contributed by atoms with Crippen LogP contribution in [0.4, 0.5) is 0 Å². The lowest BCUT2D eigenvalue weighted by atomic mass is 10.1. The van der Waals surface area contributed by atoms with E-state index in [1.165, 1.54) is 6.92 Å². The van der Waals surface area contributed by atoms with Gasteiger partial charge in [-0.25, -0.2) is 0 Å². The Kier molecular flexibility index (Phi) is 3.79. The maximum absolute atomic E-state index is 12.3. The molecule has 0 unspecified atom stereocenters. The minimum absolute atomic E-state index is 0.104. The predicted octanol–water partition coefficient (Wildman–Crippen LogP) is -0.159. The average molecular weight is 272 g/mol. The summed E-state index contributed by atoms with van der Waals surface area (Å²) in [6, 6.07) is -0.417. The van der Waals surface area contributed by atoms with Gasteiger partial charge in [0.1, 0.15) is 6.04 Å². The van der Waals surface area contributed by atoms with Crippen molar-refractivity contribution in [1.29, 1.82) is 0 Å². The number of carbonyl (C=O) groups excluding carboxylic acids is 2. The van der Waals surface area contributed by atoms with Gasteiger partial charge in [0.05, 0.1) is 11.8 Å². The Bertz CT molecular complexity index is 387. The molecule has 0 radical (unpaired) electrons. The summed E-state index contributed by atoms with van der Waals surface area (Å²) >= 11 is 1.55. The molecule has 0 aromatic carbocycles. The Hall–Kier alpha value is -1.24. The molecule has 0 aromatic rings. The van der Waals surface area contributed by atoms with Crippen molar-refractivity contribution in [1.82, 2.24) is 9.80 Å². The second-order valence-corrected chi connectivity index (χ2v) is 5.61. The fourth-order valence-corrected chi connectivity index (χ4v) is 3.54. The van der Waals surface area contributed by atoms with E-state index in [1.54, 1.807) is 21.6 Å². The van der Waals surface area contributed by atoms with Crippen molar-refractivity contribution < 1.29 is 19.5 Å². The van der Waals surface area contributed by atoms with Gasteiger partial charge >= 0.3 is 5.97 Å². The summed E-state index contributed by atoms with van der Waals surface area (Å²) in [6.45, 7) is 2.19. The van der Waals surface area contributed by atoms with Crippen LogP contribution in [0.25, 0.3) is 0 Å². The van der Waals surface area contributed by atoms with Crippen LogP contribution in [0.15, 0.2) is 0 Å². The molecule has 2 heterocycles. The Morgan fingerprint density at radius 2 is 2.06 bits per heavy atom. The Balaban J connectivity index is 2.00. The summed E-state index contributed by atoms with van der Waals surface area (Å²) in [5.41, 5.74) is 0. The lowest BCUT2D eigenvalue weighted by Gasteiger charge is -2.26. The number of carboxylic acids is 1. The summed E-state index contributed by atoms with van der Waals surface area (Å²) in [7, 11) is 0. The fraction of sp³-hybridized carbons (Fsp3) is 0.727. The van der Waals surface area contributed by atoms with Crippen molar-refractivity contribution in [3.05, 3.63) is 0 Å².